The molecule has 0 saturated carbocycles. The van der Waals surface area contributed by atoms with Gasteiger partial charge < -0.3 is 14.0 Å². The number of nitrogens with zero attached hydrogens (tertiary/aromatic N) is 2. The van der Waals surface area contributed by atoms with E-state index in [0.717, 1.165) is 21.3 Å². The highest BCUT2D eigenvalue weighted by Crippen LogP contribution is 2.23. The Hall–Kier alpha value is -3.32. The molecule has 1 heterocycles. The standard InChI is InChI=1S/C23H20BrN3O3/c1-29-21-9-5-2-6-18(21)22(28)26-23-25-19-7-3-4-8-20(19)27(23)14-15-30-17-12-10-16(24)11-13-17/h2-13H,14-15H2,1H3,(H,25,26,28). The van der Waals surface area contributed by atoms with E-state index in [2.05, 4.69) is 26.2 Å². The van der Waals surface area contributed by atoms with Crippen molar-refractivity contribution in [2.24, 2.45) is 0 Å². The summed E-state index contributed by atoms with van der Waals surface area (Å²) in [6.07, 6.45) is 0. The molecule has 0 aliphatic rings. The molecule has 0 spiro atoms. The van der Waals surface area contributed by atoms with Crippen LogP contribution in [0.5, 0.6) is 11.5 Å². The molecule has 0 atom stereocenters. The lowest BCUT2D eigenvalue weighted by Crippen LogP contribution is -2.18. The Bertz CT molecular complexity index is 1170. The van der Waals surface area contributed by atoms with Crippen molar-refractivity contribution in [3.8, 4) is 11.5 Å². The van der Waals surface area contributed by atoms with E-state index in [4.69, 9.17) is 9.47 Å². The van der Waals surface area contributed by atoms with E-state index in [1.807, 2.05) is 59.2 Å². The van der Waals surface area contributed by atoms with Crippen molar-refractivity contribution in [1.29, 1.82) is 0 Å². The van der Waals surface area contributed by atoms with Gasteiger partial charge in [0.05, 0.1) is 30.3 Å². The molecule has 0 saturated heterocycles. The highest BCUT2D eigenvalue weighted by Gasteiger charge is 2.17. The molecule has 0 radical (unpaired) electrons. The van der Waals surface area contributed by atoms with Crippen LogP contribution in [-0.2, 0) is 6.54 Å². The molecule has 0 aliphatic heterocycles. The first-order valence-electron chi connectivity index (χ1n) is 9.44. The van der Waals surface area contributed by atoms with Crippen molar-refractivity contribution in [2.45, 2.75) is 6.54 Å². The fraction of sp³-hybridized carbons (Fsp3) is 0.130. The second-order valence-electron chi connectivity index (χ2n) is 6.53. The first-order chi connectivity index (χ1) is 14.7. The molecular formula is C23H20BrN3O3. The molecule has 6 nitrogen and oxygen atoms in total. The number of aromatic nitrogens is 2. The van der Waals surface area contributed by atoms with Crippen molar-refractivity contribution in [3.05, 3.63) is 82.8 Å². The van der Waals surface area contributed by atoms with E-state index in [1.165, 1.54) is 0 Å². The summed E-state index contributed by atoms with van der Waals surface area (Å²) in [4.78, 5) is 17.5. The largest absolute Gasteiger partial charge is 0.496 e. The third kappa shape index (κ3) is 4.31. The van der Waals surface area contributed by atoms with Crippen molar-refractivity contribution < 1.29 is 14.3 Å². The smallest absolute Gasteiger partial charge is 0.261 e. The summed E-state index contributed by atoms with van der Waals surface area (Å²) in [5.41, 5.74) is 2.17. The minimum absolute atomic E-state index is 0.280. The zero-order valence-corrected chi connectivity index (χ0v) is 17.9. The molecule has 1 N–H and O–H groups in total. The quantitative estimate of drug-likeness (QED) is 0.410. The fourth-order valence-corrected chi connectivity index (χ4v) is 3.45. The van der Waals surface area contributed by atoms with Gasteiger partial charge >= 0.3 is 0 Å². The number of methoxy groups -OCH3 is 1. The first kappa shape index (κ1) is 20.0. The highest BCUT2D eigenvalue weighted by molar-refractivity contribution is 9.10. The van der Waals surface area contributed by atoms with E-state index in [0.29, 0.717) is 30.4 Å². The van der Waals surface area contributed by atoms with E-state index >= 15 is 0 Å². The van der Waals surface area contributed by atoms with Gasteiger partial charge in [-0.05, 0) is 48.5 Å². The van der Waals surface area contributed by atoms with Gasteiger partial charge in [-0.1, -0.05) is 40.2 Å². The van der Waals surface area contributed by atoms with E-state index < -0.39 is 0 Å². The van der Waals surface area contributed by atoms with E-state index in [1.54, 1.807) is 25.3 Å². The van der Waals surface area contributed by atoms with Gasteiger partial charge in [-0.25, -0.2) is 4.98 Å². The number of rotatable bonds is 7. The Labute approximate surface area is 182 Å². The molecule has 30 heavy (non-hydrogen) atoms. The Morgan fingerprint density at radius 1 is 1.03 bits per heavy atom. The number of imidazole rings is 1. The molecule has 4 rings (SSSR count). The van der Waals surface area contributed by atoms with Crippen LogP contribution in [0.4, 0.5) is 5.95 Å². The predicted octanol–water partition coefficient (Wildman–Crippen LogP) is 5.14. The lowest BCUT2D eigenvalue weighted by molar-refractivity contribution is 0.102. The van der Waals surface area contributed by atoms with E-state index in [9.17, 15) is 4.79 Å². The second kappa shape index (κ2) is 9.00. The Kier molecular flexibility index (Phi) is 5.99. The lowest BCUT2D eigenvalue weighted by atomic mass is 10.2. The molecule has 4 aromatic rings. The molecule has 1 amide bonds. The number of hydrogen-bond donors (Lipinski definition) is 1. The topological polar surface area (TPSA) is 65.4 Å². The number of ether oxygens (including phenoxy) is 2. The average Bonchev–Trinajstić information content (AvgIpc) is 3.12. The summed E-state index contributed by atoms with van der Waals surface area (Å²) in [6.45, 7) is 0.956. The molecule has 0 fully saturated rings. The number of para-hydroxylation sites is 3. The maximum Gasteiger partial charge on any atom is 0.261 e. The van der Waals surface area contributed by atoms with Crippen LogP contribution in [0.25, 0.3) is 11.0 Å². The molecule has 0 aliphatic carbocycles. The summed E-state index contributed by atoms with van der Waals surface area (Å²) in [7, 11) is 1.54. The first-order valence-corrected chi connectivity index (χ1v) is 10.2. The number of carbonyl (C=O) groups is 1. The van der Waals surface area contributed by atoms with Crippen LogP contribution in [0, 0.1) is 0 Å². The van der Waals surface area contributed by atoms with Crippen molar-refractivity contribution in [3.63, 3.8) is 0 Å². The number of fused-ring (bicyclic) bond motifs is 1. The molecule has 3 aromatic carbocycles. The summed E-state index contributed by atoms with van der Waals surface area (Å²) < 4.78 is 14.1. The van der Waals surface area contributed by atoms with Crippen molar-refractivity contribution in [1.82, 2.24) is 9.55 Å². The highest BCUT2D eigenvalue weighted by atomic mass is 79.9. The van der Waals surface area contributed by atoms with Crippen LogP contribution in [0.2, 0.25) is 0 Å². The SMILES string of the molecule is COc1ccccc1C(=O)Nc1nc2ccccc2n1CCOc1ccc(Br)cc1. The molecular weight excluding hydrogens is 446 g/mol. The molecule has 152 valence electrons. The second-order valence-corrected chi connectivity index (χ2v) is 7.45. The number of benzene rings is 3. The van der Waals surface area contributed by atoms with Crippen LogP contribution < -0.4 is 14.8 Å². The maximum absolute atomic E-state index is 12.9. The van der Waals surface area contributed by atoms with Gasteiger partial charge in [0.25, 0.3) is 5.91 Å². The van der Waals surface area contributed by atoms with Gasteiger partial charge in [0, 0.05) is 4.47 Å². The van der Waals surface area contributed by atoms with Gasteiger partial charge in [0.1, 0.15) is 18.1 Å². The Balaban J connectivity index is 1.57. The minimum atomic E-state index is -0.280. The zero-order chi connectivity index (χ0) is 20.9. The molecule has 0 unspecified atom stereocenters. The third-order valence-electron chi connectivity index (χ3n) is 4.63. The van der Waals surface area contributed by atoms with E-state index in [-0.39, 0.29) is 5.91 Å². The molecule has 0 bridgehead atoms. The number of amides is 1. The monoisotopic (exact) mass is 465 g/mol. The van der Waals surface area contributed by atoms with Crippen molar-refractivity contribution >= 4 is 38.8 Å². The van der Waals surface area contributed by atoms with Crippen LogP contribution in [0.3, 0.4) is 0 Å². The van der Waals surface area contributed by atoms with Crippen molar-refractivity contribution in [2.75, 3.05) is 19.0 Å². The van der Waals surface area contributed by atoms with Gasteiger partial charge in [-0.2, -0.15) is 0 Å². The number of carbonyl (C=O) groups excluding carboxylic acids is 1. The fourth-order valence-electron chi connectivity index (χ4n) is 3.18. The Morgan fingerprint density at radius 3 is 2.57 bits per heavy atom. The number of anilines is 1. The van der Waals surface area contributed by atoms with Gasteiger partial charge in [-0.3, -0.25) is 10.1 Å². The number of hydrogen-bond acceptors (Lipinski definition) is 4. The summed E-state index contributed by atoms with van der Waals surface area (Å²) >= 11 is 3.42. The molecule has 1 aromatic heterocycles. The Morgan fingerprint density at radius 2 is 1.77 bits per heavy atom. The normalized spacial score (nSPS) is 10.7. The predicted molar refractivity (Wildman–Crippen MR) is 120 cm³/mol. The zero-order valence-electron chi connectivity index (χ0n) is 16.3. The summed E-state index contributed by atoms with van der Waals surface area (Å²) in [5.74, 6) is 1.47. The van der Waals surface area contributed by atoms with Crippen LogP contribution in [0.1, 0.15) is 10.4 Å². The van der Waals surface area contributed by atoms with Crippen LogP contribution in [-0.4, -0.2) is 29.2 Å². The number of nitrogens with one attached hydrogen (secondary N) is 1. The summed E-state index contributed by atoms with van der Waals surface area (Å²) in [6, 6.07) is 22.5. The lowest BCUT2D eigenvalue weighted by Gasteiger charge is -2.12. The number of halogens is 1. The average molecular weight is 466 g/mol. The minimum Gasteiger partial charge on any atom is -0.496 e. The van der Waals surface area contributed by atoms with Crippen LogP contribution in [0.15, 0.2) is 77.3 Å². The van der Waals surface area contributed by atoms with Gasteiger partial charge in [0.2, 0.25) is 5.95 Å². The van der Waals surface area contributed by atoms with Gasteiger partial charge in [-0.15, -0.1) is 0 Å². The molecule has 7 heteroatoms. The third-order valence-corrected chi connectivity index (χ3v) is 5.16. The summed E-state index contributed by atoms with van der Waals surface area (Å²) in [5, 5.41) is 2.92. The van der Waals surface area contributed by atoms with Crippen LogP contribution >= 0.6 is 15.9 Å². The van der Waals surface area contributed by atoms with Gasteiger partial charge in [0.15, 0.2) is 0 Å². The maximum atomic E-state index is 12.9.